The molecule has 0 heterocycles. The van der Waals surface area contributed by atoms with Crippen molar-refractivity contribution in [2.45, 2.75) is 26.7 Å². The average molecular weight is 185 g/mol. The van der Waals surface area contributed by atoms with Crippen molar-refractivity contribution in [3.8, 4) is 0 Å². The molecule has 2 N–H and O–H groups in total. The van der Waals surface area contributed by atoms with E-state index in [-0.39, 0.29) is 12.5 Å². The molecular formula is C10H19NO2. The van der Waals surface area contributed by atoms with Gasteiger partial charge in [-0.05, 0) is 25.7 Å². The lowest BCUT2D eigenvalue weighted by atomic mass is 10.1. The van der Waals surface area contributed by atoms with Crippen molar-refractivity contribution in [1.82, 2.24) is 5.32 Å². The molecule has 0 aromatic heterocycles. The molecule has 13 heavy (non-hydrogen) atoms. The third kappa shape index (κ3) is 6.34. The molecule has 0 saturated heterocycles. The quantitative estimate of drug-likeness (QED) is 0.480. The molecular weight excluding hydrogens is 166 g/mol. The van der Waals surface area contributed by atoms with E-state index >= 15 is 0 Å². The summed E-state index contributed by atoms with van der Waals surface area (Å²) in [5.41, 5.74) is 0.537. The predicted molar refractivity (Wildman–Crippen MR) is 53.3 cm³/mol. The summed E-state index contributed by atoms with van der Waals surface area (Å²) < 4.78 is 0. The van der Waals surface area contributed by atoms with E-state index in [1.165, 1.54) is 0 Å². The second-order valence-electron chi connectivity index (χ2n) is 3.47. The molecule has 0 fully saturated rings. The predicted octanol–water partition coefficient (Wildman–Crippen LogP) is 1.09. The minimum Gasteiger partial charge on any atom is -0.396 e. The molecule has 0 rings (SSSR count). The molecule has 0 aliphatic rings. The highest BCUT2D eigenvalue weighted by Gasteiger charge is 2.02. The van der Waals surface area contributed by atoms with E-state index in [1.807, 2.05) is 6.92 Å². The molecule has 0 spiro atoms. The SMILES string of the molecule is C=C(C)C(=O)NCCCC(C)CO. The molecule has 0 aromatic carbocycles. The average Bonchev–Trinajstić information content (AvgIpc) is 2.11. The number of hydrogen-bond acceptors (Lipinski definition) is 2. The highest BCUT2D eigenvalue weighted by atomic mass is 16.3. The first-order valence-electron chi connectivity index (χ1n) is 4.62. The Hall–Kier alpha value is -0.830. The van der Waals surface area contributed by atoms with Crippen molar-refractivity contribution < 1.29 is 9.90 Å². The molecule has 0 radical (unpaired) electrons. The van der Waals surface area contributed by atoms with E-state index in [9.17, 15) is 4.79 Å². The maximum atomic E-state index is 11.0. The van der Waals surface area contributed by atoms with Gasteiger partial charge in [-0.3, -0.25) is 4.79 Å². The van der Waals surface area contributed by atoms with Gasteiger partial charge in [-0.1, -0.05) is 13.5 Å². The number of nitrogens with one attached hydrogen (secondary N) is 1. The van der Waals surface area contributed by atoms with Gasteiger partial charge in [-0.25, -0.2) is 0 Å². The summed E-state index contributed by atoms with van der Waals surface area (Å²) in [4.78, 5) is 11.0. The molecule has 0 aliphatic heterocycles. The fourth-order valence-corrected chi connectivity index (χ4v) is 0.895. The lowest BCUT2D eigenvalue weighted by Gasteiger charge is -2.07. The van der Waals surface area contributed by atoms with Crippen LogP contribution < -0.4 is 5.32 Å². The zero-order chi connectivity index (χ0) is 10.3. The Kier molecular flexibility index (Phi) is 6.24. The standard InChI is InChI=1S/C10H19NO2/c1-8(2)10(13)11-6-4-5-9(3)7-12/h9,12H,1,4-7H2,2-3H3,(H,11,13). The fraction of sp³-hybridized carbons (Fsp3) is 0.700. The molecule has 1 atom stereocenters. The number of aliphatic hydroxyl groups is 1. The fourth-order valence-electron chi connectivity index (χ4n) is 0.895. The van der Waals surface area contributed by atoms with Crippen LogP contribution in [0.4, 0.5) is 0 Å². The van der Waals surface area contributed by atoms with Gasteiger partial charge in [0, 0.05) is 18.7 Å². The van der Waals surface area contributed by atoms with Gasteiger partial charge < -0.3 is 10.4 Å². The molecule has 1 amide bonds. The van der Waals surface area contributed by atoms with E-state index in [2.05, 4.69) is 11.9 Å². The van der Waals surface area contributed by atoms with Crippen LogP contribution in [-0.2, 0) is 4.79 Å². The Labute approximate surface area is 79.8 Å². The molecule has 3 heteroatoms. The third-order valence-corrected chi connectivity index (χ3v) is 1.86. The zero-order valence-corrected chi connectivity index (χ0v) is 8.47. The largest absolute Gasteiger partial charge is 0.396 e. The second-order valence-corrected chi connectivity index (χ2v) is 3.47. The Bertz CT molecular complexity index is 178. The Morgan fingerprint density at radius 3 is 2.69 bits per heavy atom. The topological polar surface area (TPSA) is 49.3 Å². The van der Waals surface area contributed by atoms with Gasteiger partial charge in [0.25, 0.3) is 0 Å². The molecule has 1 unspecified atom stereocenters. The molecule has 0 aliphatic carbocycles. The van der Waals surface area contributed by atoms with Crippen LogP contribution >= 0.6 is 0 Å². The van der Waals surface area contributed by atoms with E-state index in [1.54, 1.807) is 6.92 Å². The van der Waals surface area contributed by atoms with Crippen LogP contribution in [-0.4, -0.2) is 24.2 Å². The van der Waals surface area contributed by atoms with Crippen LogP contribution in [0.3, 0.4) is 0 Å². The van der Waals surface area contributed by atoms with Crippen molar-refractivity contribution in [2.24, 2.45) is 5.92 Å². The summed E-state index contributed by atoms with van der Waals surface area (Å²) in [6.45, 7) is 8.09. The van der Waals surface area contributed by atoms with Crippen LogP contribution in [0.25, 0.3) is 0 Å². The summed E-state index contributed by atoms with van der Waals surface area (Å²) in [6.07, 6.45) is 1.84. The second kappa shape index (κ2) is 6.66. The molecule has 0 aromatic rings. The number of rotatable bonds is 6. The minimum absolute atomic E-state index is 0.0864. The molecule has 3 nitrogen and oxygen atoms in total. The van der Waals surface area contributed by atoms with Gasteiger partial charge in [0.1, 0.15) is 0 Å². The van der Waals surface area contributed by atoms with Crippen molar-refractivity contribution in [2.75, 3.05) is 13.2 Å². The summed E-state index contributed by atoms with van der Waals surface area (Å²) in [7, 11) is 0. The van der Waals surface area contributed by atoms with Crippen LogP contribution in [0.2, 0.25) is 0 Å². The Morgan fingerprint density at radius 2 is 2.23 bits per heavy atom. The normalized spacial score (nSPS) is 12.2. The van der Waals surface area contributed by atoms with Gasteiger partial charge in [0.2, 0.25) is 5.91 Å². The number of carbonyl (C=O) groups excluding carboxylic acids is 1. The maximum absolute atomic E-state index is 11.0. The summed E-state index contributed by atoms with van der Waals surface area (Å²) in [6, 6.07) is 0. The first kappa shape index (κ1) is 12.2. The third-order valence-electron chi connectivity index (χ3n) is 1.86. The van der Waals surface area contributed by atoms with Crippen molar-refractivity contribution in [3.63, 3.8) is 0 Å². The van der Waals surface area contributed by atoms with Gasteiger partial charge in [-0.2, -0.15) is 0 Å². The van der Waals surface area contributed by atoms with Gasteiger partial charge in [-0.15, -0.1) is 0 Å². The Balaban J connectivity index is 3.36. The van der Waals surface area contributed by atoms with Crippen LogP contribution in [0.15, 0.2) is 12.2 Å². The highest BCUT2D eigenvalue weighted by molar-refractivity contribution is 5.91. The highest BCUT2D eigenvalue weighted by Crippen LogP contribution is 2.02. The van der Waals surface area contributed by atoms with E-state index in [0.29, 0.717) is 18.0 Å². The van der Waals surface area contributed by atoms with Crippen LogP contribution in [0, 0.1) is 5.92 Å². The monoisotopic (exact) mass is 185 g/mol. The van der Waals surface area contributed by atoms with Gasteiger partial charge in [0.05, 0.1) is 0 Å². The number of carbonyl (C=O) groups is 1. The lowest BCUT2D eigenvalue weighted by Crippen LogP contribution is -2.25. The first-order chi connectivity index (χ1) is 6.07. The number of aliphatic hydroxyl groups excluding tert-OH is 1. The van der Waals surface area contributed by atoms with Crippen molar-refractivity contribution in [1.29, 1.82) is 0 Å². The summed E-state index contributed by atoms with van der Waals surface area (Å²) >= 11 is 0. The summed E-state index contributed by atoms with van der Waals surface area (Å²) in [5, 5.41) is 11.5. The molecule has 76 valence electrons. The van der Waals surface area contributed by atoms with Crippen LogP contribution in [0.5, 0.6) is 0 Å². The van der Waals surface area contributed by atoms with Crippen LogP contribution in [0.1, 0.15) is 26.7 Å². The molecule has 0 saturated carbocycles. The van der Waals surface area contributed by atoms with E-state index in [4.69, 9.17) is 5.11 Å². The zero-order valence-electron chi connectivity index (χ0n) is 8.47. The van der Waals surface area contributed by atoms with E-state index < -0.39 is 0 Å². The minimum atomic E-state index is -0.0864. The number of hydrogen-bond donors (Lipinski definition) is 2. The van der Waals surface area contributed by atoms with Gasteiger partial charge in [0.15, 0.2) is 0 Å². The van der Waals surface area contributed by atoms with Gasteiger partial charge >= 0.3 is 0 Å². The van der Waals surface area contributed by atoms with E-state index in [0.717, 1.165) is 12.8 Å². The summed E-state index contributed by atoms with van der Waals surface area (Å²) in [5.74, 6) is 0.235. The lowest BCUT2D eigenvalue weighted by molar-refractivity contribution is -0.117. The Morgan fingerprint density at radius 1 is 1.62 bits per heavy atom. The van der Waals surface area contributed by atoms with Crippen molar-refractivity contribution in [3.05, 3.63) is 12.2 Å². The molecule has 0 bridgehead atoms. The van der Waals surface area contributed by atoms with Crippen molar-refractivity contribution >= 4 is 5.91 Å². The first-order valence-corrected chi connectivity index (χ1v) is 4.62. The number of amides is 1. The smallest absolute Gasteiger partial charge is 0.246 e. The maximum Gasteiger partial charge on any atom is 0.246 e.